The highest BCUT2D eigenvalue weighted by Crippen LogP contribution is 2.26. The van der Waals surface area contributed by atoms with E-state index in [9.17, 15) is 0 Å². The zero-order chi connectivity index (χ0) is 14.2. The lowest BCUT2D eigenvalue weighted by Gasteiger charge is -2.34. The number of imidazole rings is 1. The molecule has 0 amide bonds. The summed E-state index contributed by atoms with van der Waals surface area (Å²) in [4.78, 5) is 13.1. The van der Waals surface area contributed by atoms with Crippen LogP contribution in [-0.2, 0) is 0 Å². The van der Waals surface area contributed by atoms with Crippen molar-refractivity contribution in [3.05, 3.63) is 24.0 Å². The predicted octanol–water partition coefficient (Wildman–Crippen LogP) is 1.74. The fourth-order valence-electron chi connectivity index (χ4n) is 3.36. The van der Waals surface area contributed by atoms with Crippen LogP contribution in [0.3, 0.4) is 0 Å². The average Bonchev–Trinajstić information content (AvgIpc) is 3.16. The van der Waals surface area contributed by atoms with E-state index in [0.29, 0.717) is 6.04 Å². The van der Waals surface area contributed by atoms with E-state index in [1.54, 1.807) is 0 Å². The lowest BCUT2D eigenvalue weighted by Crippen LogP contribution is -2.44. The summed E-state index contributed by atoms with van der Waals surface area (Å²) in [5.41, 5.74) is 3.55. The number of aromatic nitrogens is 2. The van der Waals surface area contributed by atoms with Crippen LogP contribution in [0, 0.1) is 0 Å². The summed E-state index contributed by atoms with van der Waals surface area (Å²) in [7, 11) is 2.19. The number of aromatic amines is 1. The van der Waals surface area contributed by atoms with Crippen LogP contribution in [0.2, 0.25) is 0 Å². The molecule has 0 spiro atoms. The number of H-pyrrole nitrogens is 1. The molecule has 3 heterocycles. The Balaban J connectivity index is 1.60. The second kappa shape index (κ2) is 5.31. The first-order chi connectivity index (χ1) is 10.3. The summed E-state index contributed by atoms with van der Waals surface area (Å²) < 4.78 is 0. The molecule has 5 nitrogen and oxygen atoms in total. The fraction of sp³-hybridized carbons (Fsp3) is 0.562. The summed E-state index contributed by atoms with van der Waals surface area (Å²) in [6.45, 7) is 5.59. The van der Waals surface area contributed by atoms with Crippen molar-refractivity contribution in [3.8, 4) is 0 Å². The van der Waals surface area contributed by atoms with Gasteiger partial charge in [0.25, 0.3) is 0 Å². The number of hydrogen-bond donors (Lipinski definition) is 2. The molecule has 2 saturated heterocycles. The van der Waals surface area contributed by atoms with Crippen molar-refractivity contribution in [3.63, 3.8) is 0 Å². The van der Waals surface area contributed by atoms with E-state index in [1.807, 2.05) is 0 Å². The lowest BCUT2D eigenvalue weighted by atomic mass is 10.2. The van der Waals surface area contributed by atoms with E-state index in [-0.39, 0.29) is 0 Å². The Labute approximate surface area is 125 Å². The monoisotopic (exact) mass is 285 g/mol. The minimum absolute atomic E-state index is 0.407. The predicted molar refractivity (Wildman–Crippen MR) is 85.8 cm³/mol. The van der Waals surface area contributed by atoms with Crippen LogP contribution in [0.4, 0.5) is 5.69 Å². The molecule has 112 valence electrons. The topological polar surface area (TPSA) is 47.2 Å². The molecule has 1 aromatic carbocycles. The third kappa shape index (κ3) is 2.51. The van der Waals surface area contributed by atoms with Gasteiger partial charge in [-0.3, -0.25) is 0 Å². The van der Waals surface area contributed by atoms with Crippen LogP contribution >= 0.6 is 0 Å². The van der Waals surface area contributed by atoms with Gasteiger partial charge in [-0.1, -0.05) is 0 Å². The van der Waals surface area contributed by atoms with Crippen LogP contribution in [0.15, 0.2) is 18.2 Å². The quantitative estimate of drug-likeness (QED) is 0.882. The second-order valence-corrected chi connectivity index (χ2v) is 6.26. The molecule has 1 aromatic heterocycles. The van der Waals surface area contributed by atoms with Gasteiger partial charge in [-0.2, -0.15) is 0 Å². The number of piperazine rings is 1. The molecule has 2 aliphatic heterocycles. The molecule has 2 fully saturated rings. The van der Waals surface area contributed by atoms with E-state index in [0.717, 1.165) is 49.6 Å². The molecule has 0 aliphatic carbocycles. The first-order valence-electron chi connectivity index (χ1n) is 7.96. The van der Waals surface area contributed by atoms with Crippen LogP contribution in [0.1, 0.15) is 24.7 Å². The van der Waals surface area contributed by atoms with Gasteiger partial charge in [0.15, 0.2) is 0 Å². The number of hydrogen-bond acceptors (Lipinski definition) is 4. The molecule has 0 radical (unpaired) electrons. The number of nitrogens with zero attached hydrogens (tertiary/aromatic N) is 3. The Hall–Kier alpha value is -1.59. The number of rotatable bonds is 2. The summed E-state index contributed by atoms with van der Waals surface area (Å²) in [5.74, 6) is 1.10. The smallest absolute Gasteiger partial charge is 0.124 e. The Morgan fingerprint density at radius 2 is 2.05 bits per heavy atom. The maximum atomic E-state index is 4.75. The summed E-state index contributed by atoms with van der Waals surface area (Å²) >= 11 is 0. The molecule has 1 atom stereocenters. The molecular weight excluding hydrogens is 262 g/mol. The van der Waals surface area contributed by atoms with Gasteiger partial charge in [0.05, 0.1) is 17.1 Å². The van der Waals surface area contributed by atoms with Gasteiger partial charge in [0.2, 0.25) is 0 Å². The van der Waals surface area contributed by atoms with Gasteiger partial charge < -0.3 is 20.1 Å². The highest BCUT2D eigenvalue weighted by molar-refractivity contribution is 5.79. The number of benzene rings is 1. The Bertz CT molecular complexity index is 621. The van der Waals surface area contributed by atoms with Crippen molar-refractivity contribution >= 4 is 16.7 Å². The number of nitrogens with one attached hydrogen (secondary N) is 2. The number of anilines is 1. The zero-order valence-electron chi connectivity index (χ0n) is 12.6. The zero-order valence-corrected chi connectivity index (χ0v) is 12.6. The van der Waals surface area contributed by atoms with Crippen molar-refractivity contribution in [1.29, 1.82) is 0 Å². The lowest BCUT2D eigenvalue weighted by molar-refractivity contribution is 0.313. The van der Waals surface area contributed by atoms with E-state index < -0.39 is 0 Å². The maximum absolute atomic E-state index is 4.75. The van der Waals surface area contributed by atoms with Crippen LogP contribution < -0.4 is 10.2 Å². The van der Waals surface area contributed by atoms with E-state index in [2.05, 4.69) is 45.3 Å². The van der Waals surface area contributed by atoms with Crippen molar-refractivity contribution < 1.29 is 0 Å². The van der Waals surface area contributed by atoms with Gasteiger partial charge in [0.1, 0.15) is 5.82 Å². The Morgan fingerprint density at radius 1 is 1.19 bits per heavy atom. The maximum Gasteiger partial charge on any atom is 0.124 e. The normalized spacial score (nSPS) is 24.0. The van der Waals surface area contributed by atoms with Crippen LogP contribution in [0.25, 0.3) is 11.0 Å². The summed E-state index contributed by atoms with van der Waals surface area (Å²) in [5, 5.41) is 3.51. The molecule has 5 heteroatoms. The van der Waals surface area contributed by atoms with Gasteiger partial charge in [-0.25, -0.2) is 4.98 Å². The highest BCUT2D eigenvalue weighted by Gasteiger charge is 2.20. The minimum Gasteiger partial charge on any atom is -0.369 e. The molecule has 4 rings (SSSR count). The Morgan fingerprint density at radius 3 is 2.81 bits per heavy atom. The molecule has 2 aliphatic rings. The first-order valence-corrected chi connectivity index (χ1v) is 7.96. The highest BCUT2D eigenvalue weighted by atomic mass is 15.2. The van der Waals surface area contributed by atoms with Gasteiger partial charge >= 0.3 is 0 Å². The van der Waals surface area contributed by atoms with Crippen LogP contribution in [-0.4, -0.2) is 54.6 Å². The van der Waals surface area contributed by atoms with E-state index in [1.165, 1.54) is 18.5 Å². The van der Waals surface area contributed by atoms with E-state index in [4.69, 9.17) is 4.98 Å². The van der Waals surface area contributed by atoms with Crippen molar-refractivity contribution in [2.24, 2.45) is 0 Å². The third-order valence-corrected chi connectivity index (χ3v) is 4.74. The van der Waals surface area contributed by atoms with E-state index >= 15 is 0 Å². The van der Waals surface area contributed by atoms with Crippen molar-refractivity contribution in [2.45, 2.75) is 18.9 Å². The molecule has 0 saturated carbocycles. The largest absolute Gasteiger partial charge is 0.369 e. The molecule has 2 N–H and O–H groups in total. The minimum atomic E-state index is 0.407. The number of fused-ring (bicyclic) bond motifs is 1. The van der Waals surface area contributed by atoms with Crippen molar-refractivity contribution in [2.75, 3.05) is 44.7 Å². The fourth-order valence-corrected chi connectivity index (χ4v) is 3.36. The second-order valence-electron chi connectivity index (χ2n) is 6.26. The Kier molecular flexibility index (Phi) is 3.31. The van der Waals surface area contributed by atoms with Gasteiger partial charge in [-0.05, 0) is 44.6 Å². The first kappa shape index (κ1) is 13.1. The van der Waals surface area contributed by atoms with Gasteiger partial charge in [-0.15, -0.1) is 0 Å². The van der Waals surface area contributed by atoms with Crippen molar-refractivity contribution in [1.82, 2.24) is 20.2 Å². The van der Waals surface area contributed by atoms with Gasteiger partial charge in [0, 0.05) is 31.9 Å². The average molecular weight is 285 g/mol. The SMILES string of the molecule is CN1CCN(c2ccc3nc([C@@H]4CCCN4)[nH]c3c2)CC1. The van der Waals surface area contributed by atoms with Crippen LogP contribution in [0.5, 0.6) is 0 Å². The standard InChI is InChI=1S/C16H23N5/c1-20-7-9-21(10-8-20)12-4-5-13-15(11-12)19-16(18-13)14-3-2-6-17-14/h4-5,11,14,17H,2-3,6-10H2,1H3,(H,18,19)/t14-/m0/s1. The molecule has 2 aromatic rings. The molecular formula is C16H23N5. The summed E-state index contributed by atoms with van der Waals surface area (Å²) in [6.07, 6.45) is 2.43. The summed E-state index contributed by atoms with van der Waals surface area (Å²) in [6, 6.07) is 7.02. The molecule has 0 unspecified atom stereocenters. The molecule has 21 heavy (non-hydrogen) atoms. The number of likely N-dealkylation sites (N-methyl/N-ethyl adjacent to an activating group) is 1. The third-order valence-electron chi connectivity index (χ3n) is 4.74. The molecule has 0 bridgehead atoms.